The van der Waals surface area contributed by atoms with E-state index >= 15 is 0 Å². The zero-order valence-electron chi connectivity index (χ0n) is 53.9. The van der Waals surface area contributed by atoms with E-state index in [2.05, 4.69) is 137 Å². The lowest BCUT2D eigenvalue weighted by Crippen LogP contribution is -2.45. The number of phenols is 2. The Kier molecular flexibility index (Phi) is 32.6. The van der Waals surface area contributed by atoms with Crippen LogP contribution in [0.25, 0.3) is 0 Å². The molecule has 0 amide bonds. The van der Waals surface area contributed by atoms with E-state index in [1.165, 1.54) is 84.7 Å². The summed E-state index contributed by atoms with van der Waals surface area (Å²) in [7, 11) is 3.49. The number of terminal acetylenes is 2. The number of nitrogens with zero attached hydrogens (tertiary/aromatic N) is 2. The molecule has 4 aromatic carbocycles. The average molecular weight is 1210 g/mol. The lowest BCUT2D eigenvalue weighted by molar-refractivity contribution is 0.000862. The topological polar surface area (TPSA) is 304 Å². The van der Waals surface area contributed by atoms with Crippen LogP contribution in [0.4, 0.5) is 0 Å². The zero-order valence-corrected chi connectivity index (χ0v) is 53.9. The number of hydrogen-bond donors (Lipinski definition) is 2. The first kappa shape index (κ1) is 79.0. The number of hydrogen-bond acceptors (Lipinski definition) is 8. The molecule has 0 heterocycles. The summed E-state index contributed by atoms with van der Waals surface area (Å²) in [6, 6.07) is 25.1. The molecule has 87 heavy (non-hydrogen) atoms. The van der Waals surface area contributed by atoms with Gasteiger partial charge >= 0.3 is 0 Å². The monoisotopic (exact) mass is 1210 g/mol. The van der Waals surface area contributed by atoms with Crippen molar-refractivity contribution in [2.24, 2.45) is 58.2 Å². The molecule has 6 aliphatic carbocycles. The average Bonchev–Trinajstić information content (AvgIpc) is 1.79. The summed E-state index contributed by atoms with van der Waals surface area (Å²) in [5, 5.41) is 20.1. The summed E-state index contributed by atoms with van der Waals surface area (Å²) >= 11 is 0. The van der Waals surface area contributed by atoms with Crippen molar-refractivity contribution in [1.82, 2.24) is 9.80 Å². The lowest BCUT2D eigenvalue weighted by atomic mass is 9.51. The van der Waals surface area contributed by atoms with E-state index < -0.39 is 0 Å². The van der Waals surface area contributed by atoms with E-state index in [9.17, 15) is 10.2 Å². The first-order valence-corrected chi connectivity index (χ1v) is 30.8. The van der Waals surface area contributed by atoms with Crippen molar-refractivity contribution in [3.63, 3.8) is 0 Å². The highest BCUT2D eigenvalue weighted by Gasteiger charge is 2.57. The third-order valence-corrected chi connectivity index (χ3v) is 21.2. The normalized spacial score (nSPS) is 26.1. The summed E-state index contributed by atoms with van der Waals surface area (Å²) in [6.07, 6.45) is 24.4. The molecule has 0 aromatic heterocycles. The number of benzene rings is 4. The Bertz CT molecular complexity index is 2680. The van der Waals surface area contributed by atoms with Gasteiger partial charge in [0.25, 0.3) is 0 Å². The van der Waals surface area contributed by atoms with Gasteiger partial charge in [0.05, 0.1) is 27.4 Å². The Morgan fingerprint density at radius 3 is 1.21 bits per heavy atom. The predicted molar refractivity (Wildman–Crippen MR) is 352 cm³/mol. The minimum absolute atomic E-state index is 0. The van der Waals surface area contributed by atoms with E-state index in [1.807, 2.05) is 24.3 Å². The second kappa shape index (κ2) is 35.9. The summed E-state index contributed by atoms with van der Waals surface area (Å²) in [4.78, 5) is 4.83. The molecule has 0 saturated heterocycles. The van der Waals surface area contributed by atoms with Crippen molar-refractivity contribution in [2.45, 2.75) is 157 Å². The van der Waals surface area contributed by atoms with E-state index in [0.29, 0.717) is 46.0 Å². The van der Waals surface area contributed by atoms with Crippen molar-refractivity contribution in [3.8, 4) is 71.0 Å². The maximum Gasteiger partial charge on any atom is 0.161 e. The lowest BCUT2D eigenvalue weighted by Gasteiger charge is -2.53. The van der Waals surface area contributed by atoms with Crippen molar-refractivity contribution in [1.29, 1.82) is 0 Å². The minimum atomic E-state index is 0. The van der Waals surface area contributed by atoms with Crippen LogP contribution in [0.3, 0.4) is 0 Å². The summed E-state index contributed by atoms with van der Waals surface area (Å²) in [6.45, 7) is 26.5. The molecule has 15 nitrogen and oxygen atoms in total. The molecule has 4 saturated carbocycles. The van der Waals surface area contributed by atoms with Crippen LogP contribution >= 0.6 is 0 Å². The summed E-state index contributed by atoms with van der Waals surface area (Å²) in [5.41, 5.74) is 9.17. The zero-order chi connectivity index (χ0) is 57.1. The minimum Gasteiger partial charge on any atom is -0.508 e. The molecular weight excluding hydrogens is 1100 g/mol. The van der Waals surface area contributed by atoms with Crippen LogP contribution in [-0.2, 0) is 25.9 Å². The van der Waals surface area contributed by atoms with Crippen LogP contribution in [0.2, 0.25) is 0 Å². The molecule has 12 atom stereocenters. The Balaban J connectivity index is 0.000000740. The van der Waals surface area contributed by atoms with Crippen molar-refractivity contribution < 1.29 is 67.5 Å². The molecule has 0 aliphatic heterocycles. The smallest absolute Gasteiger partial charge is 0.161 e. The maximum atomic E-state index is 10.0. The van der Waals surface area contributed by atoms with Crippen LogP contribution in [0.1, 0.15) is 165 Å². The van der Waals surface area contributed by atoms with Crippen molar-refractivity contribution in [2.75, 3.05) is 53.6 Å². The molecule has 0 spiro atoms. The molecule has 486 valence electrons. The van der Waals surface area contributed by atoms with Crippen molar-refractivity contribution in [3.05, 3.63) is 106 Å². The van der Waals surface area contributed by atoms with Crippen LogP contribution in [0.5, 0.6) is 34.5 Å². The molecule has 0 bridgehead atoms. The highest BCUT2D eigenvalue weighted by atomic mass is 16.5. The second-order valence-corrected chi connectivity index (χ2v) is 25.1. The maximum absolute atomic E-state index is 10.0. The summed E-state index contributed by atoms with van der Waals surface area (Å²) in [5.74, 6) is 20.1. The number of ether oxygens (including phenoxy) is 4. The number of fused-ring (bicyclic) bond motifs is 10. The van der Waals surface area contributed by atoms with Gasteiger partial charge in [-0.05, 0) is 279 Å². The van der Waals surface area contributed by atoms with Gasteiger partial charge in [0.1, 0.15) is 11.5 Å². The van der Waals surface area contributed by atoms with Gasteiger partial charge in [-0.1, -0.05) is 79.7 Å². The van der Waals surface area contributed by atoms with Gasteiger partial charge < -0.3 is 67.5 Å². The number of methoxy groups -OCH3 is 2. The fourth-order valence-corrected chi connectivity index (χ4v) is 17.1. The van der Waals surface area contributed by atoms with Gasteiger partial charge in [0.15, 0.2) is 23.0 Å². The molecule has 4 aromatic rings. The van der Waals surface area contributed by atoms with Crippen LogP contribution in [0, 0.1) is 94.7 Å². The highest BCUT2D eigenvalue weighted by Crippen LogP contribution is 2.66. The molecule has 6 aliphatic rings. The first-order chi connectivity index (χ1) is 38.7. The Morgan fingerprint density at radius 2 is 0.874 bits per heavy atom. The van der Waals surface area contributed by atoms with Crippen LogP contribution in [0.15, 0.2) is 72.8 Å². The highest BCUT2D eigenvalue weighted by molar-refractivity contribution is 5.45. The quantitative estimate of drug-likeness (QED) is 0.0902. The van der Waals surface area contributed by atoms with Gasteiger partial charge in [-0.3, -0.25) is 9.80 Å². The second-order valence-electron chi connectivity index (χ2n) is 25.1. The molecular formula is C72H110N2O13. The Hall–Kier alpha value is -6.00. The van der Waals surface area contributed by atoms with E-state index in [0.717, 1.165) is 137 Å². The largest absolute Gasteiger partial charge is 0.508 e. The van der Waals surface area contributed by atoms with E-state index in [1.54, 1.807) is 14.2 Å². The Morgan fingerprint density at radius 1 is 0.506 bits per heavy atom. The standard InChI is InChI=1S/2C33H47NO3.C6H2.7H2O/c2*1-6-34(7-2)21-23-8-13-30(31(19-23)36-5)37-17-15-25-9-12-29-32-22(3)18-24-20-26(35)10-11-27(24)28(32)14-16-33(25,29)4;1-3-5-6-4-2;;;;;;;/h2*8,10-11,13,19-20,22,25,28-29,32,35H,6-7,9,12,14-18,21H2,1-5H3;1-2H;7*1H2/t2*22-,25-,28?,29?,32?,33?;;;;;;;;/m11......../s1. The Labute approximate surface area is 521 Å². The summed E-state index contributed by atoms with van der Waals surface area (Å²) < 4.78 is 24.1. The van der Waals surface area contributed by atoms with Gasteiger partial charge in [0.2, 0.25) is 0 Å². The number of phenolic OH excluding ortho intramolecular Hbond substituents is 2. The van der Waals surface area contributed by atoms with E-state index in [4.69, 9.17) is 31.8 Å². The van der Waals surface area contributed by atoms with Crippen LogP contribution < -0.4 is 18.9 Å². The SMILES string of the molecule is C#CC#CC#C.CCN(CC)Cc1ccc(OCC[C@H]2CCC3C4C(CCC32C)c2ccc(O)cc2C[C@H]4C)c(OC)c1.CCN(CC)Cc1ccc(OCC[C@H]2CCC3C4C(CCC32C)c2ccc(O)cc2C[C@H]4C)c(OC)c1.O.O.O.O.O.O.O. The van der Waals surface area contributed by atoms with Gasteiger partial charge in [0, 0.05) is 13.1 Å². The molecule has 15 heteroatoms. The molecule has 10 rings (SSSR count). The van der Waals surface area contributed by atoms with Gasteiger partial charge in [-0.2, -0.15) is 0 Å². The number of rotatable bonds is 18. The first-order valence-electron chi connectivity index (χ1n) is 30.8. The molecule has 16 N–H and O–H groups in total. The molecule has 4 fully saturated rings. The van der Waals surface area contributed by atoms with Gasteiger partial charge in [-0.25, -0.2) is 0 Å². The van der Waals surface area contributed by atoms with Crippen molar-refractivity contribution >= 4 is 0 Å². The fraction of sp³-hybridized carbons (Fsp3) is 0.583. The molecule has 8 unspecified atom stereocenters. The predicted octanol–water partition coefficient (Wildman–Crippen LogP) is 9.34. The number of aromatic hydroxyl groups is 2. The third kappa shape index (κ3) is 17.5. The van der Waals surface area contributed by atoms with Crippen LogP contribution in [-0.4, -0.2) is 112 Å². The van der Waals surface area contributed by atoms with Gasteiger partial charge in [-0.15, -0.1) is 12.8 Å². The third-order valence-electron chi connectivity index (χ3n) is 21.2. The fourth-order valence-electron chi connectivity index (χ4n) is 17.1. The van der Waals surface area contributed by atoms with E-state index in [-0.39, 0.29) is 38.3 Å². The molecule has 0 radical (unpaired) electrons.